The van der Waals surface area contributed by atoms with Gasteiger partial charge < -0.3 is 19.3 Å². The lowest BCUT2D eigenvalue weighted by atomic mass is 9.71. The SMILES string of the molecule is COc1ccc(OC)c(CC(=O)N2CC3(CN(C)CC3c3nc(-c4ccccc4)n[nH]3)C2)c1. The lowest BCUT2D eigenvalue weighted by Gasteiger charge is -2.50. The van der Waals surface area contributed by atoms with Crippen molar-refractivity contribution in [2.75, 3.05) is 47.4 Å². The second-order valence-corrected chi connectivity index (χ2v) is 9.13. The number of hydrogen-bond acceptors (Lipinski definition) is 6. The standard InChI is InChI=1S/C25H29N5O3/c1-29-13-20(24-26-23(27-28-24)17-7-5-4-6-8-17)25(14-29)15-30(16-25)22(31)12-18-11-19(32-2)9-10-21(18)33-3/h4-11,20H,12-16H2,1-3H3,(H,26,27,28). The second kappa shape index (κ2) is 8.51. The molecule has 8 heteroatoms. The fourth-order valence-corrected chi connectivity index (χ4v) is 5.25. The average molecular weight is 448 g/mol. The average Bonchev–Trinajstić information content (AvgIpc) is 3.43. The van der Waals surface area contributed by atoms with Gasteiger partial charge in [-0.05, 0) is 25.2 Å². The number of amides is 1. The highest BCUT2D eigenvalue weighted by Crippen LogP contribution is 2.48. The van der Waals surface area contributed by atoms with Crippen LogP contribution in [0.25, 0.3) is 11.4 Å². The zero-order valence-corrected chi connectivity index (χ0v) is 19.2. The quantitative estimate of drug-likeness (QED) is 0.625. The summed E-state index contributed by atoms with van der Waals surface area (Å²) in [6.45, 7) is 3.27. The molecule has 1 unspecified atom stereocenters. The summed E-state index contributed by atoms with van der Waals surface area (Å²) in [5.74, 6) is 3.35. The molecular formula is C25H29N5O3. The van der Waals surface area contributed by atoms with E-state index in [-0.39, 0.29) is 23.7 Å². The van der Waals surface area contributed by atoms with E-state index in [1.807, 2.05) is 53.4 Å². The van der Waals surface area contributed by atoms with Gasteiger partial charge in [0.25, 0.3) is 0 Å². The van der Waals surface area contributed by atoms with Crippen molar-refractivity contribution in [2.24, 2.45) is 5.41 Å². The molecule has 2 aliphatic rings. The highest BCUT2D eigenvalue weighted by Gasteiger charge is 2.56. The molecule has 2 aromatic carbocycles. The maximum absolute atomic E-state index is 13.1. The van der Waals surface area contributed by atoms with Gasteiger partial charge in [-0.3, -0.25) is 9.89 Å². The first-order chi connectivity index (χ1) is 16.0. The number of methoxy groups -OCH3 is 2. The molecule has 0 saturated carbocycles. The Morgan fingerprint density at radius 2 is 1.91 bits per heavy atom. The largest absolute Gasteiger partial charge is 0.497 e. The number of ether oxygens (including phenoxy) is 2. The number of hydrogen-bond donors (Lipinski definition) is 1. The van der Waals surface area contributed by atoms with Crippen LogP contribution in [0.2, 0.25) is 0 Å². The fourth-order valence-electron chi connectivity index (χ4n) is 5.25. The van der Waals surface area contributed by atoms with Crippen LogP contribution < -0.4 is 9.47 Å². The topological polar surface area (TPSA) is 83.6 Å². The molecule has 5 rings (SSSR count). The number of carbonyl (C=O) groups is 1. The second-order valence-electron chi connectivity index (χ2n) is 9.13. The van der Waals surface area contributed by atoms with E-state index in [4.69, 9.17) is 14.5 Å². The van der Waals surface area contributed by atoms with Crippen LogP contribution in [-0.4, -0.2) is 78.3 Å². The van der Waals surface area contributed by atoms with Crippen molar-refractivity contribution in [3.05, 3.63) is 59.9 Å². The molecule has 3 aromatic rings. The van der Waals surface area contributed by atoms with E-state index >= 15 is 0 Å². The minimum absolute atomic E-state index is 0.00361. The Bertz CT molecular complexity index is 1140. The van der Waals surface area contributed by atoms with Gasteiger partial charge in [0.15, 0.2) is 5.82 Å². The van der Waals surface area contributed by atoms with Crippen molar-refractivity contribution in [1.29, 1.82) is 0 Å². The zero-order chi connectivity index (χ0) is 23.0. The third kappa shape index (κ3) is 3.95. The number of H-pyrrole nitrogens is 1. The minimum atomic E-state index is -0.00361. The van der Waals surface area contributed by atoms with Crippen LogP contribution >= 0.6 is 0 Å². The number of benzene rings is 2. The third-order valence-electron chi connectivity index (χ3n) is 6.88. The Balaban J connectivity index is 1.30. The molecule has 172 valence electrons. The first kappa shape index (κ1) is 21.5. The van der Waals surface area contributed by atoms with E-state index in [9.17, 15) is 4.79 Å². The summed E-state index contributed by atoms with van der Waals surface area (Å²) in [6, 6.07) is 15.5. The Labute approximate surface area is 193 Å². The Kier molecular flexibility index (Phi) is 5.54. The summed E-state index contributed by atoms with van der Waals surface area (Å²) >= 11 is 0. The lowest BCUT2D eigenvalue weighted by molar-refractivity contribution is -0.142. The Morgan fingerprint density at radius 1 is 1.12 bits per heavy atom. The molecule has 2 saturated heterocycles. The van der Waals surface area contributed by atoms with Crippen molar-refractivity contribution in [2.45, 2.75) is 12.3 Å². The molecule has 1 amide bonds. The van der Waals surface area contributed by atoms with Crippen LogP contribution in [0.4, 0.5) is 0 Å². The number of nitrogens with zero attached hydrogens (tertiary/aromatic N) is 4. The first-order valence-corrected chi connectivity index (χ1v) is 11.2. The number of likely N-dealkylation sites (tertiary alicyclic amines) is 2. The lowest BCUT2D eigenvalue weighted by Crippen LogP contribution is -2.61. The van der Waals surface area contributed by atoms with E-state index in [1.165, 1.54) is 0 Å². The highest BCUT2D eigenvalue weighted by atomic mass is 16.5. The maximum Gasteiger partial charge on any atom is 0.227 e. The van der Waals surface area contributed by atoms with Gasteiger partial charge in [-0.15, -0.1) is 0 Å². The third-order valence-corrected chi connectivity index (χ3v) is 6.88. The molecule has 2 fully saturated rings. The molecule has 1 aromatic heterocycles. The molecule has 0 bridgehead atoms. The zero-order valence-electron chi connectivity index (χ0n) is 19.2. The van der Waals surface area contributed by atoms with Gasteiger partial charge in [-0.2, -0.15) is 5.10 Å². The highest BCUT2D eigenvalue weighted by molar-refractivity contribution is 5.80. The monoisotopic (exact) mass is 447 g/mol. The van der Waals surface area contributed by atoms with E-state index in [0.717, 1.165) is 35.8 Å². The summed E-state index contributed by atoms with van der Waals surface area (Å²) in [6.07, 6.45) is 0.289. The van der Waals surface area contributed by atoms with Gasteiger partial charge in [0.2, 0.25) is 5.91 Å². The van der Waals surface area contributed by atoms with Crippen molar-refractivity contribution in [3.8, 4) is 22.9 Å². The van der Waals surface area contributed by atoms with Crippen LogP contribution in [0, 0.1) is 5.41 Å². The van der Waals surface area contributed by atoms with Crippen LogP contribution in [-0.2, 0) is 11.2 Å². The summed E-state index contributed by atoms with van der Waals surface area (Å²) in [4.78, 5) is 22.2. The number of carbonyl (C=O) groups excluding carboxylic acids is 1. The molecule has 0 radical (unpaired) electrons. The van der Waals surface area contributed by atoms with Gasteiger partial charge in [0.1, 0.15) is 17.3 Å². The number of rotatable bonds is 6. The van der Waals surface area contributed by atoms with Crippen LogP contribution in [0.3, 0.4) is 0 Å². The van der Waals surface area contributed by atoms with Gasteiger partial charge in [0, 0.05) is 48.6 Å². The maximum atomic E-state index is 13.1. The van der Waals surface area contributed by atoms with Crippen LogP contribution in [0.5, 0.6) is 11.5 Å². The van der Waals surface area contributed by atoms with Crippen LogP contribution in [0.1, 0.15) is 17.3 Å². The predicted molar refractivity (Wildman–Crippen MR) is 124 cm³/mol. The predicted octanol–water partition coefficient (Wildman–Crippen LogP) is 2.59. The number of aromatic nitrogens is 3. The minimum Gasteiger partial charge on any atom is -0.497 e. The summed E-state index contributed by atoms with van der Waals surface area (Å²) in [7, 11) is 5.37. The summed E-state index contributed by atoms with van der Waals surface area (Å²) < 4.78 is 10.8. The summed E-state index contributed by atoms with van der Waals surface area (Å²) in [5.41, 5.74) is 1.83. The number of nitrogens with one attached hydrogen (secondary N) is 1. The van der Waals surface area contributed by atoms with Crippen molar-refractivity contribution >= 4 is 5.91 Å². The molecule has 2 aliphatic heterocycles. The normalized spacial score (nSPS) is 19.5. The van der Waals surface area contributed by atoms with E-state index < -0.39 is 0 Å². The van der Waals surface area contributed by atoms with Gasteiger partial charge >= 0.3 is 0 Å². The van der Waals surface area contributed by atoms with Crippen molar-refractivity contribution < 1.29 is 14.3 Å². The number of aromatic amines is 1. The fraction of sp³-hybridized carbons (Fsp3) is 0.400. The molecule has 1 N–H and O–H groups in total. The van der Waals surface area contributed by atoms with Crippen molar-refractivity contribution in [1.82, 2.24) is 25.0 Å². The van der Waals surface area contributed by atoms with Gasteiger partial charge in [0.05, 0.1) is 20.6 Å². The first-order valence-electron chi connectivity index (χ1n) is 11.2. The number of likely N-dealkylation sites (N-methyl/N-ethyl adjacent to an activating group) is 1. The molecule has 3 heterocycles. The van der Waals surface area contributed by atoms with Gasteiger partial charge in [-0.25, -0.2) is 4.98 Å². The molecule has 1 spiro atoms. The molecule has 1 atom stereocenters. The van der Waals surface area contributed by atoms with E-state index in [2.05, 4.69) is 22.1 Å². The Morgan fingerprint density at radius 3 is 2.64 bits per heavy atom. The Hall–Kier alpha value is -3.39. The van der Waals surface area contributed by atoms with Crippen LogP contribution in [0.15, 0.2) is 48.5 Å². The summed E-state index contributed by atoms with van der Waals surface area (Å²) in [5, 5.41) is 7.64. The molecule has 0 aliphatic carbocycles. The molecule has 8 nitrogen and oxygen atoms in total. The van der Waals surface area contributed by atoms with Gasteiger partial charge in [-0.1, -0.05) is 30.3 Å². The molecule has 33 heavy (non-hydrogen) atoms. The van der Waals surface area contributed by atoms with E-state index in [0.29, 0.717) is 24.7 Å². The van der Waals surface area contributed by atoms with E-state index in [1.54, 1.807) is 14.2 Å². The van der Waals surface area contributed by atoms with Crippen molar-refractivity contribution in [3.63, 3.8) is 0 Å². The molecular weight excluding hydrogens is 418 g/mol. The smallest absolute Gasteiger partial charge is 0.227 e.